The summed E-state index contributed by atoms with van der Waals surface area (Å²) in [7, 11) is 2.83. The zero-order valence-electron chi connectivity index (χ0n) is 17.0. The summed E-state index contributed by atoms with van der Waals surface area (Å²) in [4.78, 5) is 26.1. The van der Waals surface area contributed by atoms with Crippen molar-refractivity contribution in [1.29, 1.82) is 5.26 Å². The third-order valence-electron chi connectivity index (χ3n) is 4.70. The van der Waals surface area contributed by atoms with Crippen molar-refractivity contribution < 1.29 is 23.8 Å². The quantitative estimate of drug-likeness (QED) is 0.409. The number of esters is 1. The lowest BCUT2D eigenvalue weighted by molar-refractivity contribution is -0.112. The lowest BCUT2D eigenvalue weighted by Gasteiger charge is -2.10. The first kappa shape index (κ1) is 21.4. The molecule has 1 aliphatic carbocycles. The zero-order chi connectivity index (χ0) is 21.7. The van der Waals surface area contributed by atoms with Gasteiger partial charge in [0, 0.05) is 4.88 Å². The number of anilines is 1. The van der Waals surface area contributed by atoms with E-state index in [-0.39, 0.29) is 5.57 Å². The molecule has 0 fully saturated rings. The number of ether oxygens (including phenoxy) is 3. The van der Waals surface area contributed by atoms with Gasteiger partial charge in [-0.2, -0.15) is 5.26 Å². The van der Waals surface area contributed by atoms with Crippen LogP contribution in [0.2, 0.25) is 0 Å². The Kier molecular flexibility index (Phi) is 6.75. The van der Waals surface area contributed by atoms with Gasteiger partial charge in [-0.3, -0.25) is 4.79 Å². The maximum absolute atomic E-state index is 12.8. The number of nitrogens with one attached hydrogen (secondary N) is 1. The highest BCUT2D eigenvalue weighted by Gasteiger charge is 2.28. The van der Waals surface area contributed by atoms with E-state index in [0.29, 0.717) is 34.2 Å². The number of nitriles is 1. The number of nitrogens with zero attached hydrogens (tertiary/aromatic N) is 1. The molecular formula is C22H22N2O5S. The molecule has 8 heteroatoms. The molecule has 7 nitrogen and oxygen atoms in total. The van der Waals surface area contributed by atoms with Crippen LogP contribution in [0.5, 0.6) is 11.5 Å². The van der Waals surface area contributed by atoms with Crippen LogP contribution >= 0.6 is 11.3 Å². The van der Waals surface area contributed by atoms with Crippen LogP contribution in [-0.2, 0) is 22.4 Å². The van der Waals surface area contributed by atoms with Crippen molar-refractivity contribution in [3.8, 4) is 17.6 Å². The summed E-state index contributed by atoms with van der Waals surface area (Å²) in [6.45, 7) is 2.36. The Labute approximate surface area is 178 Å². The summed E-state index contributed by atoms with van der Waals surface area (Å²) in [5.41, 5.74) is 1.85. The number of methoxy groups -OCH3 is 2. The number of amides is 1. The molecule has 1 aromatic heterocycles. The van der Waals surface area contributed by atoms with E-state index in [1.165, 1.54) is 31.6 Å². The fraction of sp³-hybridized carbons (Fsp3) is 0.318. The summed E-state index contributed by atoms with van der Waals surface area (Å²) < 4.78 is 15.7. The molecule has 1 heterocycles. The average Bonchev–Trinajstić information content (AvgIpc) is 3.33. The number of benzene rings is 1. The van der Waals surface area contributed by atoms with E-state index < -0.39 is 11.9 Å². The molecule has 0 atom stereocenters. The molecule has 0 radical (unpaired) electrons. The Morgan fingerprint density at radius 2 is 2.07 bits per heavy atom. The molecule has 1 aliphatic rings. The van der Waals surface area contributed by atoms with E-state index in [0.717, 1.165) is 29.7 Å². The number of carbonyl (C=O) groups is 2. The van der Waals surface area contributed by atoms with Gasteiger partial charge < -0.3 is 19.5 Å². The lowest BCUT2D eigenvalue weighted by atomic mass is 10.1. The Balaban J connectivity index is 1.88. The van der Waals surface area contributed by atoms with Crippen molar-refractivity contribution in [1.82, 2.24) is 0 Å². The van der Waals surface area contributed by atoms with Crippen molar-refractivity contribution in [2.45, 2.75) is 26.2 Å². The Hall–Kier alpha value is -3.31. The van der Waals surface area contributed by atoms with E-state index in [9.17, 15) is 14.9 Å². The highest BCUT2D eigenvalue weighted by Crippen LogP contribution is 2.39. The van der Waals surface area contributed by atoms with Gasteiger partial charge in [-0.25, -0.2) is 4.79 Å². The number of carbonyl (C=O) groups excluding carboxylic acids is 2. The first-order valence-corrected chi connectivity index (χ1v) is 10.3. The van der Waals surface area contributed by atoms with Gasteiger partial charge >= 0.3 is 5.97 Å². The monoisotopic (exact) mass is 426 g/mol. The fourth-order valence-electron chi connectivity index (χ4n) is 3.34. The van der Waals surface area contributed by atoms with E-state index in [4.69, 9.17) is 14.2 Å². The van der Waals surface area contributed by atoms with Crippen LogP contribution in [0.15, 0.2) is 23.8 Å². The lowest BCUT2D eigenvalue weighted by Crippen LogP contribution is -2.15. The number of hydrogen-bond acceptors (Lipinski definition) is 7. The van der Waals surface area contributed by atoms with Crippen molar-refractivity contribution >= 4 is 34.3 Å². The molecule has 1 amide bonds. The number of hydrogen-bond donors (Lipinski definition) is 1. The topological polar surface area (TPSA) is 97.7 Å². The highest BCUT2D eigenvalue weighted by molar-refractivity contribution is 7.17. The third kappa shape index (κ3) is 4.31. The summed E-state index contributed by atoms with van der Waals surface area (Å²) in [5, 5.41) is 12.7. The SMILES string of the molecule is CCOc1ccc(C=C(C#N)C(=O)Nc2sc3c(c2C(=O)OC)CCC3)cc1OC. The Bertz CT molecular complexity index is 1050. The smallest absolute Gasteiger partial charge is 0.341 e. The zero-order valence-corrected chi connectivity index (χ0v) is 17.9. The minimum Gasteiger partial charge on any atom is -0.493 e. The van der Waals surface area contributed by atoms with E-state index in [2.05, 4.69) is 5.32 Å². The summed E-state index contributed by atoms with van der Waals surface area (Å²) in [6.07, 6.45) is 4.08. The van der Waals surface area contributed by atoms with Crippen LogP contribution in [0, 0.1) is 11.3 Å². The standard InChI is InChI=1S/C22H22N2O5S/c1-4-29-16-9-8-13(11-17(16)27-2)10-14(12-23)20(25)24-21-19(22(26)28-3)15-6-5-7-18(15)30-21/h8-11H,4-7H2,1-3H3,(H,24,25). The number of thiophene rings is 1. The molecule has 3 rings (SSSR count). The Morgan fingerprint density at radius 1 is 1.27 bits per heavy atom. The van der Waals surface area contributed by atoms with Gasteiger partial charge in [-0.05, 0) is 55.5 Å². The average molecular weight is 426 g/mol. The Morgan fingerprint density at radius 3 is 2.73 bits per heavy atom. The maximum atomic E-state index is 12.8. The maximum Gasteiger partial charge on any atom is 0.341 e. The van der Waals surface area contributed by atoms with Crippen LogP contribution in [0.25, 0.3) is 6.08 Å². The molecule has 1 aromatic carbocycles. The van der Waals surface area contributed by atoms with E-state index in [1.54, 1.807) is 18.2 Å². The molecule has 0 saturated heterocycles. The van der Waals surface area contributed by atoms with Crippen molar-refractivity contribution in [2.24, 2.45) is 0 Å². The number of fused-ring (bicyclic) bond motifs is 1. The summed E-state index contributed by atoms with van der Waals surface area (Å²) in [5.74, 6) is 0.0146. The largest absolute Gasteiger partial charge is 0.493 e. The predicted molar refractivity (Wildman–Crippen MR) is 114 cm³/mol. The minimum atomic E-state index is -0.588. The van der Waals surface area contributed by atoms with Gasteiger partial charge in [0.2, 0.25) is 0 Å². The number of rotatable bonds is 7. The second kappa shape index (κ2) is 9.46. The summed E-state index contributed by atoms with van der Waals surface area (Å²) in [6, 6.07) is 7.07. The molecular weight excluding hydrogens is 404 g/mol. The molecule has 0 bridgehead atoms. The summed E-state index contributed by atoms with van der Waals surface area (Å²) >= 11 is 1.36. The molecule has 0 aliphatic heterocycles. The fourth-order valence-corrected chi connectivity index (χ4v) is 4.62. The van der Waals surface area contributed by atoms with Crippen LogP contribution in [0.1, 0.15) is 39.7 Å². The second-order valence-electron chi connectivity index (χ2n) is 6.52. The first-order chi connectivity index (χ1) is 14.5. The van der Waals surface area contributed by atoms with Gasteiger partial charge in [-0.15, -0.1) is 11.3 Å². The van der Waals surface area contributed by atoms with Crippen molar-refractivity contribution in [2.75, 3.05) is 26.1 Å². The molecule has 0 spiro atoms. The molecule has 156 valence electrons. The van der Waals surface area contributed by atoms with Gasteiger partial charge in [-0.1, -0.05) is 6.07 Å². The van der Waals surface area contributed by atoms with E-state index in [1.807, 2.05) is 13.0 Å². The predicted octanol–water partition coefficient (Wildman–Crippen LogP) is 3.98. The molecule has 2 aromatic rings. The number of aryl methyl sites for hydroxylation is 1. The highest BCUT2D eigenvalue weighted by atomic mass is 32.1. The van der Waals surface area contributed by atoms with Crippen LogP contribution in [0.4, 0.5) is 5.00 Å². The van der Waals surface area contributed by atoms with Crippen LogP contribution in [0.3, 0.4) is 0 Å². The molecule has 30 heavy (non-hydrogen) atoms. The third-order valence-corrected chi connectivity index (χ3v) is 5.91. The van der Waals surface area contributed by atoms with Gasteiger partial charge in [0.15, 0.2) is 11.5 Å². The van der Waals surface area contributed by atoms with Crippen LogP contribution in [-0.4, -0.2) is 32.7 Å². The van der Waals surface area contributed by atoms with Gasteiger partial charge in [0.25, 0.3) is 5.91 Å². The van der Waals surface area contributed by atoms with Crippen molar-refractivity contribution in [3.05, 3.63) is 45.3 Å². The molecule has 1 N–H and O–H groups in total. The van der Waals surface area contributed by atoms with Crippen LogP contribution < -0.4 is 14.8 Å². The first-order valence-electron chi connectivity index (χ1n) is 9.49. The van der Waals surface area contributed by atoms with Crippen molar-refractivity contribution in [3.63, 3.8) is 0 Å². The minimum absolute atomic E-state index is 0.0920. The van der Waals surface area contributed by atoms with Gasteiger partial charge in [0.05, 0.1) is 26.4 Å². The second-order valence-corrected chi connectivity index (χ2v) is 7.63. The molecule has 0 unspecified atom stereocenters. The molecule has 0 saturated carbocycles. The normalized spacial score (nSPS) is 12.7. The van der Waals surface area contributed by atoms with Gasteiger partial charge in [0.1, 0.15) is 16.6 Å². The van der Waals surface area contributed by atoms with E-state index >= 15 is 0 Å².